The van der Waals surface area contributed by atoms with Gasteiger partial charge in [-0.1, -0.05) is 59.3 Å². The van der Waals surface area contributed by atoms with Gasteiger partial charge in [0.15, 0.2) is 0 Å². The van der Waals surface area contributed by atoms with E-state index in [1.807, 2.05) is 53.6 Å². The zero-order chi connectivity index (χ0) is 23.0. The van der Waals surface area contributed by atoms with E-state index in [2.05, 4.69) is 15.6 Å². The van der Waals surface area contributed by atoms with Gasteiger partial charge in [-0.05, 0) is 23.8 Å². The highest BCUT2D eigenvalue weighted by molar-refractivity contribution is 6.33. The smallest absolute Gasteiger partial charge is 0.246 e. The zero-order valence-electron chi connectivity index (χ0n) is 18.1. The SMILES string of the molecule is O=C(CN1CCN(C(=O)/C=C/c2cn(Cc3ccccc3)nn2)CC1)Nc1ccccc1Cl. The Morgan fingerprint density at radius 2 is 1.73 bits per heavy atom. The summed E-state index contributed by atoms with van der Waals surface area (Å²) in [5.74, 6) is -0.200. The number of para-hydroxylation sites is 1. The van der Waals surface area contributed by atoms with Gasteiger partial charge in [0.1, 0.15) is 5.69 Å². The third kappa shape index (κ3) is 6.50. The molecule has 2 aromatic carbocycles. The van der Waals surface area contributed by atoms with Crippen LogP contribution >= 0.6 is 11.6 Å². The summed E-state index contributed by atoms with van der Waals surface area (Å²) in [6.07, 6.45) is 5.02. The van der Waals surface area contributed by atoms with Crippen LogP contribution in [-0.4, -0.2) is 69.3 Å². The summed E-state index contributed by atoms with van der Waals surface area (Å²) in [5.41, 5.74) is 2.37. The normalized spacial score (nSPS) is 14.5. The molecule has 0 radical (unpaired) electrons. The summed E-state index contributed by atoms with van der Waals surface area (Å²) in [6, 6.07) is 17.1. The molecule has 0 unspecified atom stereocenters. The topological polar surface area (TPSA) is 83.4 Å². The lowest BCUT2D eigenvalue weighted by molar-refractivity contribution is -0.127. The van der Waals surface area contributed by atoms with Gasteiger partial charge in [-0.15, -0.1) is 5.10 Å². The fourth-order valence-electron chi connectivity index (χ4n) is 3.58. The van der Waals surface area contributed by atoms with Crippen molar-refractivity contribution in [2.75, 3.05) is 38.0 Å². The van der Waals surface area contributed by atoms with Crippen molar-refractivity contribution in [3.8, 4) is 0 Å². The van der Waals surface area contributed by atoms with Gasteiger partial charge in [-0.3, -0.25) is 14.5 Å². The number of rotatable bonds is 7. The highest BCUT2D eigenvalue weighted by Crippen LogP contribution is 2.20. The Hall–Kier alpha value is -3.49. The molecule has 2 heterocycles. The molecule has 0 saturated carbocycles. The number of aromatic nitrogens is 3. The van der Waals surface area contributed by atoms with Crippen LogP contribution in [0.25, 0.3) is 6.08 Å². The summed E-state index contributed by atoms with van der Waals surface area (Å²) in [7, 11) is 0. The second-order valence-corrected chi connectivity index (χ2v) is 8.20. The van der Waals surface area contributed by atoms with Gasteiger partial charge in [0.05, 0.1) is 30.0 Å². The molecule has 170 valence electrons. The van der Waals surface area contributed by atoms with Crippen LogP contribution in [0.4, 0.5) is 5.69 Å². The molecule has 1 fully saturated rings. The van der Waals surface area contributed by atoms with Gasteiger partial charge in [0.25, 0.3) is 0 Å². The fourth-order valence-corrected chi connectivity index (χ4v) is 3.76. The highest BCUT2D eigenvalue weighted by atomic mass is 35.5. The molecule has 3 aromatic rings. The van der Waals surface area contributed by atoms with Crippen LogP contribution in [-0.2, 0) is 16.1 Å². The van der Waals surface area contributed by atoms with Gasteiger partial charge in [-0.2, -0.15) is 0 Å². The van der Waals surface area contributed by atoms with E-state index in [0.717, 1.165) is 5.56 Å². The van der Waals surface area contributed by atoms with E-state index in [0.29, 0.717) is 49.1 Å². The van der Waals surface area contributed by atoms with Crippen molar-refractivity contribution >= 4 is 35.2 Å². The molecule has 1 N–H and O–H groups in total. The summed E-state index contributed by atoms with van der Waals surface area (Å²) < 4.78 is 1.74. The number of halogens is 1. The second kappa shape index (κ2) is 10.9. The van der Waals surface area contributed by atoms with Crippen LogP contribution in [0.3, 0.4) is 0 Å². The average molecular weight is 465 g/mol. The Kier molecular flexibility index (Phi) is 7.49. The number of nitrogens with one attached hydrogen (secondary N) is 1. The first-order valence-corrected chi connectivity index (χ1v) is 11.1. The maximum Gasteiger partial charge on any atom is 0.246 e. The second-order valence-electron chi connectivity index (χ2n) is 7.79. The standard InChI is InChI=1S/C24H25ClN6O2/c25-21-8-4-5-9-22(21)26-23(32)18-29-12-14-30(15-13-29)24(33)11-10-20-17-31(28-27-20)16-19-6-2-1-3-7-19/h1-11,17H,12-16,18H2,(H,26,32)/b11-10+. The molecule has 1 aliphatic rings. The van der Waals surface area contributed by atoms with E-state index < -0.39 is 0 Å². The highest BCUT2D eigenvalue weighted by Gasteiger charge is 2.21. The van der Waals surface area contributed by atoms with Gasteiger partial charge in [0.2, 0.25) is 11.8 Å². The van der Waals surface area contributed by atoms with Crippen molar-refractivity contribution in [3.63, 3.8) is 0 Å². The number of nitrogens with zero attached hydrogens (tertiary/aromatic N) is 5. The first-order chi connectivity index (χ1) is 16.1. The minimum Gasteiger partial charge on any atom is -0.337 e. The van der Waals surface area contributed by atoms with Crippen LogP contribution in [0.1, 0.15) is 11.3 Å². The Morgan fingerprint density at radius 3 is 2.48 bits per heavy atom. The van der Waals surface area contributed by atoms with E-state index in [9.17, 15) is 9.59 Å². The van der Waals surface area contributed by atoms with Crippen LogP contribution in [0.2, 0.25) is 5.02 Å². The number of anilines is 1. The third-order valence-electron chi connectivity index (χ3n) is 5.34. The molecule has 0 atom stereocenters. The Balaban J connectivity index is 1.22. The molecule has 0 aliphatic carbocycles. The zero-order valence-corrected chi connectivity index (χ0v) is 18.9. The fraction of sp³-hybridized carbons (Fsp3) is 0.250. The lowest BCUT2D eigenvalue weighted by Gasteiger charge is -2.33. The molecule has 1 aliphatic heterocycles. The number of hydrogen-bond donors (Lipinski definition) is 1. The molecule has 1 saturated heterocycles. The average Bonchev–Trinajstić information content (AvgIpc) is 3.27. The third-order valence-corrected chi connectivity index (χ3v) is 5.67. The molecule has 9 heteroatoms. The summed E-state index contributed by atoms with van der Waals surface area (Å²) in [5, 5.41) is 11.6. The summed E-state index contributed by atoms with van der Waals surface area (Å²) in [4.78, 5) is 28.6. The van der Waals surface area contributed by atoms with Crippen LogP contribution < -0.4 is 5.32 Å². The number of carbonyl (C=O) groups excluding carboxylic acids is 2. The maximum atomic E-state index is 12.5. The monoisotopic (exact) mass is 464 g/mol. The predicted octanol–water partition coefficient (Wildman–Crippen LogP) is 2.78. The van der Waals surface area contributed by atoms with Crippen LogP contribution in [0.5, 0.6) is 0 Å². The van der Waals surface area contributed by atoms with E-state index in [1.54, 1.807) is 27.8 Å². The van der Waals surface area contributed by atoms with E-state index in [-0.39, 0.29) is 18.4 Å². The Labute approximate surface area is 197 Å². The van der Waals surface area contributed by atoms with Crippen molar-refractivity contribution in [2.45, 2.75) is 6.54 Å². The van der Waals surface area contributed by atoms with Crippen molar-refractivity contribution in [1.29, 1.82) is 0 Å². The molecule has 2 amide bonds. The quantitative estimate of drug-likeness (QED) is 0.543. The summed E-state index contributed by atoms with van der Waals surface area (Å²) >= 11 is 6.09. The van der Waals surface area contributed by atoms with Gasteiger partial charge in [0, 0.05) is 32.3 Å². The van der Waals surface area contributed by atoms with Gasteiger partial charge < -0.3 is 10.2 Å². The molecular weight excluding hydrogens is 440 g/mol. The number of amides is 2. The number of piperazine rings is 1. The number of hydrogen-bond acceptors (Lipinski definition) is 5. The van der Waals surface area contributed by atoms with Crippen LogP contribution in [0.15, 0.2) is 66.9 Å². The summed E-state index contributed by atoms with van der Waals surface area (Å²) in [6.45, 7) is 3.26. The molecule has 0 bridgehead atoms. The Bertz CT molecular complexity index is 1120. The van der Waals surface area contributed by atoms with Gasteiger partial charge in [-0.25, -0.2) is 4.68 Å². The maximum absolute atomic E-state index is 12.5. The van der Waals surface area contributed by atoms with Gasteiger partial charge >= 0.3 is 0 Å². The minimum atomic E-state index is -0.124. The van der Waals surface area contributed by atoms with Crippen molar-refractivity contribution in [1.82, 2.24) is 24.8 Å². The molecule has 33 heavy (non-hydrogen) atoms. The first-order valence-electron chi connectivity index (χ1n) is 10.7. The molecule has 1 aromatic heterocycles. The molecule has 4 rings (SSSR count). The van der Waals surface area contributed by atoms with Crippen LogP contribution in [0, 0.1) is 0 Å². The van der Waals surface area contributed by atoms with E-state index in [4.69, 9.17) is 11.6 Å². The van der Waals surface area contributed by atoms with Crippen molar-refractivity contribution in [2.24, 2.45) is 0 Å². The minimum absolute atomic E-state index is 0.0761. The molecule has 0 spiro atoms. The first kappa shape index (κ1) is 22.7. The van der Waals surface area contributed by atoms with E-state index >= 15 is 0 Å². The predicted molar refractivity (Wildman–Crippen MR) is 128 cm³/mol. The number of benzene rings is 2. The Morgan fingerprint density at radius 1 is 1.00 bits per heavy atom. The van der Waals surface area contributed by atoms with Crippen molar-refractivity contribution in [3.05, 3.63) is 83.2 Å². The lowest BCUT2D eigenvalue weighted by Crippen LogP contribution is -2.50. The molecular formula is C24H25ClN6O2. The largest absolute Gasteiger partial charge is 0.337 e. The van der Waals surface area contributed by atoms with Crippen molar-refractivity contribution < 1.29 is 9.59 Å². The van der Waals surface area contributed by atoms with E-state index in [1.165, 1.54) is 6.08 Å². The lowest BCUT2D eigenvalue weighted by atomic mass is 10.2. The molecule has 8 nitrogen and oxygen atoms in total. The number of carbonyl (C=O) groups is 2.